The Balaban J connectivity index is 1.43. The summed E-state index contributed by atoms with van der Waals surface area (Å²) in [6.07, 6.45) is 4.46. The van der Waals surface area contributed by atoms with Gasteiger partial charge in [-0.25, -0.2) is 9.67 Å². The zero-order valence-corrected chi connectivity index (χ0v) is 13.3. The summed E-state index contributed by atoms with van der Waals surface area (Å²) in [7, 11) is 0. The SMILES string of the molecule is CCc1nc2n(n1)C[C@H](NCC(=O)NCc1ccccn1)CC2. The maximum Gasteiger partial charge on any atom is 0.234 e. The molecular weight excluding hydrogens is 292 g/mol. The highest BCUT2D eigenvalue weighted by Crippen LogP contribution is 2.13. The fourth-order valence-corrected chi connectivity index (χ4v) is 2.67. The lowest BCUT2D eigenvalue weighted by molar-refractivity contribution is -0.120. The highest BCUT2D eigenvalue weighted by molar-refractivity contribution is 5.77. The number of hydrogen-bond donors (Lipinski definition) is 2. The first-order valence-corrected chi connectivity index (χ1v) is 8.07. The van der Waals surface area contributed by atoms with E-state index in [0.717, 1.165) is 43.1 Å². The van der Waals surface area contributed by atoms with Gasteiger partial charge >= 0.3 is 0 Å². The highest BCUT2D eigenvalue weighted by atomic mass is 16.1. The Kier molecular flexibility index (Phi) is 4.97. The summed E-state index contributed by atoms with van der Waals surface area (Å²) in [6, 6.07) is 5.93. The van der Waals surface area contributed by atoms with Crippen molar-refractivity contribution in [2.75, 3.05) is 6.54 Å². The lowest BCUT2D eigenvalue weighted by Gasteiger charge is -2.23. The molecule has 0 saturated carbocycles. The number of aromatic nitrogens is 4. The molecule has 122 valence electrons. The normalized spacial score (nSPS) is 16.8. The van der Waals surface area contributed by atoms with Crippen LogP contribution in [0.3, 0.4) is 0 Å². The van der Waals surface area contributed by atoms with Crippen molar-refractivity contribution in [2.24, 2.45) is 0 Å². The van der Waals surface area contributed by atoms with Gasteiger partial charge in [0.05, 0.1) is 25.3 Å². The van der Waals surface area contributed by atoms with E-state index < -0.39 is 0 Å². The zero-order valence-electron chi connectivity index (χ0n) is 13.3. The van der Waals surface area contributed by atoms with Crippen LogP contribution in [0.2, 0.25) is 0 Å². The van der Waals surface area contributed by atoms with Crippen molar-refractivity contribution in [1.29, 1.82) is 0 Å². The van der Waals surface area contributed by atoms with Crippen molar-refractivity contribution in [3.8, 4) is 0 Å². The largest absolute Gasteiger partial charge is 0.349 e. The molecular formula is C16H22N6O. The Morgan fingerprint density at radius 1 is 1.43 bits per heavy atom. The number of rotatable bonds is 6. The van der Waals surface area contributed by atoms with E-state index in [-0.39, 0.29) is 11.9 Å². The number of fused-ring (bicyclic) bond motifs is 1. The van der Waals surface area contributed by atoms with Gasteiger partial charge in [-0.05, 0) is 18.6 Å². The van der Waals surface area contributed by atoms with E-state index in [0.29, 0.717) is 13.1 Å². The summed E-state index contributed by atoms with van der Waals surface area (Å²) < 4.78 is 1.96. The fraction of sp³-hybridized carbons (Fsp3) is 0.500. The summed E-state index contributed by atoms with van der Waals surface area (Å²) >= 11 is 0. The van der Waals surface area contributed by atoms with Crippen LogP contribution in [0.1, 0.15) is 30.7 Å². The van der Waals surface area contributed by atoms with Crippen LogP contribution < -0.4 is 10.6 Å². The second-order valence-corrected chi connectivity index (χ2v) is 5.69. The number of carbonyl (C=O) groups excluding carboxylic acids is 1. The predicted molar refractivity (Wildman–Crippen MR) is 85.6 cm³/mol. The molecule has 0 aliphatic carbocycles. The summed E-state index contributed by atoms with van der Waals surface area (Å²) in [5, 5.41) is 10.7. The monoisotopic (exact) mass is 314 g/mol. The number of nitrogens with zero attached hydrogens (tertiary/aromatic N) is 4. The van der Waals surface area contributed by atoms with Crippen molar-refractivity contribution >= 4 is 5.91 Å². The van der Waals surface area contributed by atoms with Crippen molar-refractivity contribution in [3.05, 3.63) is 41.7 Å². The molecule has 0 radical (unpaired) electrons. The number of nitrogens with one attached hydrogen (secondary N) is 2. The first kappa shape index (κ1) is 15.6. The first-order chi connectivity index (χ1) is 11.2. The van der Waals surface area contributed by atoms with Crippen LogP contribution >= 0.6 is 0 Å². The molecule has 0 aromatic carbocycles. The summed E-state index contributed by atoms with van der Waals surface area (Å²) in [6.45, 7) is 3.60. The number of pyridine rings is 1. The molecule has 2 aromatic rings. The maximum absolute atomic E-state index is 11.9. The Hall–Kier alpha value is -2.28. The maximum atomic E-state index is 11.9. The van der Waals surface area contributed by atoms with Crippen LogP contribution in [0.4, 0.5) is 0 Å². The second-order valence-electron chi connectivity index (χ2n) is 5.69. The zero-order chi connectivity index (χ0) is 16.1. The van der Waals surface area contributed by atoms with Gasteiger partial charge in [-0.3, -0.25) is 9.78 Å². The molecule has 0 spiro atoms. The lowest BCUT2D eigenvalue weighted by atomic mass is 10.1. The van der Waals surface area contributed by atoms with E-state index in [1.165, 1.54) is 0 Å². The molecule has 1 aliphatic rings. The third-order valence-corrected chi connectivity index (χ3v) is 3.96. The van der Waals surface area contributed by atoms with E-state index in [2.05, 4.69) is 32.6 Å². The smallest absolute Gasteiger partial charge is 0.234 e. The quantitative estimate of drug-likeness (QED) is 0.809. The van der Waals surface area contributed by atoms with Gasteiger partial charge in [0, 0.05) is 25.1 Å². The van der Waals surface area contributed by atoms with Crippen LogP contribution in [0.25, 0.3) is 0 Å². The Labute approximate surface area is 135 Å². The molecule has 2 aromatic heterocycles. The predicted octanol–water partition coefficient (Wildman–Crippen LogP) is 0.456. The van der Waals surface area contributed by atoms with E-state index >= 15 is 0 Å². The minimum absolute atomic E-state index is 0.0192. The summed E-state index contributed by atoms with van der Waals surface area (Å²) in [5.41, 5.74) is 0.859. The molecule has 1 amide bonds. The molecule has 7 heteroatoms. The van der Waals surface area contributed by atoms with Gasteiger partial charge in [0.15, 0.2) is 5.82 Å². The molecule has 1 atom stereocenters. The van der Waals surface area contributed by atoms with Crippen molar-refractivity contribution in [2.45, 2.75) is 45.3 Å². The van der Waals surface area contributed by atoms with Crippen molar-refractivity contribution in [1.82, 2.24) is 30.4 Å². The number of hydrogen-bond acceptors (Lipinski definition) is 5. The van der Waals surface area contributed by atoms with Gasteiger partial charge in [0.25, 0.3) is 0 Å². The minimum atomic E-state index is -0.0192. The van der Waals surface area contributed by atoms with Crippen LogP contribution in [0, 0.1) is 0 Å². The standard InChI is InChI=1S/C16H22N6O/c1-2-14-20-15-7-6-13(11-22(15)21-14)18-10-16(23)19-9-12-5-3-4-8-17-12/h3-5,8,13,18H,2,6-7,9-11H2,1H3,(H,19,23)/t13-/m1/s1. The van der Waals surface area contributed by atoms with Crippen LogP contribution in [-0.4, -0.2) is 38.2 Å². The third-order valence-electron chi connectivity index (χ3n) is 3.96. The van der Waals surface area contributed by atoms with Crippen LogP contribution in [0.15, 0.2) is 24.4 Å². The number of aryl methyl sites for hydroxylation is 2. The molecule has 7 nitrogen and oxygen atoms in total. The van der Waals surface area contributed by atoms with E-state index in [1.54, 1.807) is 6.20 Å². The van der Waals surface area contributed by atoms with Crippen LogP contribution in [0.5, 0.6) is 0 Å². The number of carbonyl (C=O) groups is 1. The molecule has 0 bridgehead atoms. The number of amides is 1. The Bertz CT molecular complexity index is 654. The molecule has 2 N–H and O–H groups in total. The molecule has 3 rings (SSSR count). The Morgan fingerprint density at radius 2 is 2.35 bits per heavy atom. The molecule has 3 heterocycles. The molecule has 0 fully saturated rings. The second kappa shape index (κ2) is 7.32. The van der Waals surface area contributed by atoms with Crippen LogP contribution in [-0.2, 0) is 30.7 Å². The Morgan fingerprint density at radius 3 is 3.13 bits per heavy atom. The van der Waals surface area contributed by atoms with Gasteiger partial charge in [-0.15, -0.1) is 0 Å². The van der Waals surface area contributed by atoms with Gasteiger partial charge in [-0.2, -0.15) is 5.10 Å². The van der Waals surface area contributed by atoms with Gasteiger partial charge in [-0.1, -0.05) is 13.0 Å². The molecule has 0 unspecified atom stereocenters. The topological polar surface area (TPSA) is 84.7 Å². The van der Waals surface area contributed by atoms with E-state index in [9.17, 15) is 4.79 Å². The van der Waals surface area contributed by atoms with Gasteiger partial charge < -0.3 is 10.6 Å². The van der Waals surface area contributed by atoms with Gasteiger partial charge in [0.2, 0.25) is 5.91 Å². The molecule has 1 aliphatic heterocycles. The first-order valence-electron chi connectivity index (χ1n) is 8.07. The van der Waals surface area contributed by atoms with E-state index in [4.69, 9.17) is 0 Å². The minimum Gasteiger partial charge on any atom is -0.349 e. The van der Waals surface area contributed by atoms with Gasteiger partial charge in [0.1, 0.15) is 5.82 Å². The molecule has 23 heavy (non-hydrogen) atoms. The van der Waals surface area contributed by atoms with Crippen molar-refractivity contribution in [3.63, 3.8) is 0 Å². The van der Waals surface area contributed by atoms with Crippen molar-refractivity contribution < 1.29 is 4.79 Å². The summed E-state index contributed by atoms with van der Waals surface area (Å²) in [4.78, 5) is 20.6. The average molecular weight is 314 g/mol. The third kappa shape index (κ3) is 4.13. The average Bonchev–Trinajstić information content (AvgIpc) is 3.01. The highest BCUT2D eigenvalue weighted by Gasteiger charge is 2.21. The fourth-order valence-electron chi connectivity index (χ4n) is 2.67. The van der Waals surface area contributed by atoms with E-state index in [1.807, 2.05) is 22.9 Å². The summed E-state index contributed by atoms with van der Waals surface area (Å²) in [5.74, 6) is 1.93. The lowest BCUT2D eigenvalue weighted by Crippen LogP contribution is -2.43. The molecule has 0 saturated heterocycles.